The molecule has 1 heterocycles. The summed E-state index contributed by atoms with van der Waals surface area (Å²) in [5, 5.41) is 0. The lowest BCUT2D eigenvalue weighted by atomic mass is 10.0. The first-order valence-electron chi connectivity index (χ1n) is 6.28. The molecule has 19 heavy (non-hydrogen) atoms. The van der Waals surface area contributed by atoms with Crippen molar-refractivity contribution < 1.29 is 12.8 Å². The predicted molar refractivity (Wildman–Crippen MR) is 74.5 cm³/mol. The molecule has 0 saturated carbocycles. The minimum Gasteiger partial charge on any atom is -0.370 e. The van der Waals surface area contributed by atoms with Crippen LogP contribution in [0.15, 0.2) is 18.2 Å². The minimum atomic E-state index is -2.94. The highest BCUT2D eigenvalue weighted by molar-refractivity contribution is 7.91. The number of anilines is 1. The molecule has 0 amide bonds. The maximum Gasteiger partial charge on any atom is 0.152 e. The molecule has 1 aliphatic heterocycles. The van der Waals surface area contributed by atoms with Gasteiger partial charge in [0, 0.05) is 24.8 Å². The molecule has 0 spiro atoms. The van der Waals surface area contributed by atoms with Crippen LogP contribution in [0.2, 0.25) is 0 Å². The lowest BCUT2D eigenvalue weighted by Crippen LogP contribution is -2.33. The van der Waals surface area contributed by atoms with Crippen molar-refractivity contribution in [2.75, 3.05) is 23.5 Å². The van der Waals surface area contributed by atoms with E-state index >= 15 is 0 Å². The van der Waals surface area contributed by atoms with Gasteiger partial charge in [-0.05, 0) is 37.1 Å². The van der Waals surface area contributed by atoms with Gasteiger partial charge in [-0.15, -0.1) is 0 Å². The highest BCUT2D eigenvalue weighted by atomic mass is 32.2. The Labute approximate surface area is 113 Å². The van der Waals surface area contributed by atoms with Gasteiger partial charge in [-0.1, -0.05) is 0 Å². The van der Waals surface area contributed by atoms with E-state index in [0.717, 1.165) is 5.69 Å². The monoisotopic (exact) mass is 286 g/mol. The van der Waals surface area contributed by atoms with Gasteiger partial charge in [-0.25, -0.2) is 12.8 Å². The van der Waals surface area contributed by atoms with Crippen molar-refractivity contribution in [1.82, 2.24) is 0 Å². The highest BCUT2D eigenvalue weighted by Crippen LogP contribution is 2.29. The summed E-state index contributed by atoms with van der Waals surface area (Å²) in [6.45, 7) is 1.79. The second-order valence-electron chi connectivity index (χ2n) is 5.16. The zero-order chi connectivity index (χ0) is 14.2. The molecule has 1 aromatic rings. The Kier molecular flexibility index (Phi) is 3.82. The summed E-state index contributed by atoms with van der Waals surface area (Å²) >= 11 is 0. The quantitative estimate of drug-likeness (QED) is 0.914. The highest BCUT2D eigenvalue weighted by Gasteiger charge is 2.31. The molecule has 1 aromatic carbocycles. The largest absolute Gasteiger partial charge is 0.370 e. The maximum absolute atomic E-state index is 13.3. The summed E-state index contributed by atoms with van der Waals surface area (Å²) in [5.74, 6) is 0.0409. The van der Waals surface area contributed by atoms with Gasteiger partial charge in [0.15, 0.2) is 9.84 Å². The van der Waals surface area contributed by atoms with Crippen molar-refractivity contribution in [3.63, 3.8) is 0 Å². The Morgan fingerprint density at radius 3 is 2.68 bits per heavy atom. The lowest BCUT2D eigenvalue weighted by Gasteiger charge is -2.29. The van der Waals surface area contributed by atoms with Gasteiger partial charge in [0.25, 0.3) is 0 Å². The third kappa shape index (κ3) is 3.06. The van der Waals surface area contributed by atoms with Crippen LogP contribution in [0.5, 0.6) is 0 Å². The van der Waals surface area contributed by atoms with Gasteiger partial charge in [0.05, 0.1) is 11.5 Å². The standard InChI is InChI=1S/C13H19FN2O2S/c1-9(15)12-7-10(14)3-4-13(12)16(2)11-5-6-19(17,18)8-11/h3-4,7,9,11H,5-6,8,15H2,1-2H3/t9-,11?/m0/s1. The molecule has 0 aliphatic carbocycles. The van der Waals surface area contributed by atoms with E-state index in [1.165, 1.54) is 12.1 Å². The van der Waals surface area contributed by atoms with Crippen LogP contribution in [0.3, 0.4) is 0 Å². The van der Waals surface area contributed by atoms with E-state index < -0.39 is 9.84 Å². The van der Waals surface area contributed by atoms with Gasteiger partial charge in [-0.3, -0.25) is 0 Å². The summed E-state index contributed by atoms with van der Waals surface area (Å²) in [6, 6.07) is 4.10. The fraction of sp³-hybridized carbons (Fsp3) is 0.538. The Hall–Kier alpha value is -1.14. The zero-order valence-electron chi connectivity index (χ0n) is 11.1. The van der Waals surface area contributed by atoms with E-state index in [-0.39, 0.29) is 29.4 Å². The molecule has 1 fully saturated rings. The van der Waals surface area contributed by atoms with Gasteiger partial charge in [0.2, 0.25) is 0 Å². The Balaban J connectivity index is 2.31. The Bertz CT molecular complexity index is 572. The van der Waals surface area contributed by atoms with E-state index in [4.69, 9.17) is 5.73 Å². The molecule has 1 saturated heterocycles. The summed E-state index contributed by atoms with van der Waals surface area (Å²) in [6.07, 6.45) is 0.606. The van der Waals surface area contributed by atoms with Crippen LogP contribution in [0, 0.1) is 5.82 Å². The van der Waals surface area contributed by atoms with Crippen LogP contribution in [-0.2, 0) is 9.84 Å². The third-order valence-corrected chi connectivity index (χ3v) is 5.37. The molecule has 1 aliphatic rings. The number of rotatable bonds is 3. The topological polar surface area (TPSA) is 63.4 Å². The molecule has 0 radical (unpaired) electrons. The number of nitrogens with two attached hydrogens (primary N) is 1. The van der Waals surface area contributed by atoms with E-state index in [0.29, 0.717) is 12.0 Å². The van der Waals surface area contributed by atoms with Crippen LogP contribution in [-0.4, -0.2) is 33.0 Å². The molecule has 0 bridgehead atoms. The van der Waals surface area contributed by atoms with Gasteiger partial charge in [0.1, 0.15) is 5.82 Å². The first-order valence-corrected chi connectivity index (χ1v) is 8.10. The second kappa shape index (κ2) is 5.09. The molecule has 2 N–H and O–H groups in total. The van der Waals surface area contributed by atoms with E-state index in [1.807, 2.05) is 11.9 Å². The summed E-state index contributed by atoms with van der Waals surface area (Å²) < 4.78 is 36.4. The van der Waals surface area contributed by atoms with Crippen LogP contribution in [0.4, 0.5) is 10.1 Å². The molecule has 0 aromatic heterocycles. The van der Waals surface area contributed by atoms with Crippen molar-refractivity contribution in [2.45, 2.75) is 25.4 Å². The minimum absolute atomic E-state index is 0.0621. The molecule has 106 valence electrons. The number of hydrogen-bond donors (Lipinski definition) is 1. The average molecular weight is 286 g/mol. The Morgan fingerprint density at radius 2 is 2.16 bits per heavy atom. The zero-order valence-corrected chi connectivity index (χ0v) is 12.0. The molecule has 2 rings (SSSR count). The first kappa shape index (κ1) is 14.3. The van der Waals surface area contributed by atoms with Crippen molar-refractivity contribution in [1.29, 1.82) is 0 Å². The van der Waals surface area contributed by atoms with Crippen LogP contribution >= 0.6 is 0 Å². The fourth-order valence-corrected chi connectivity index (χ4v) is 4.26. The van der Waals surface area contributed by atoms with Gasteiger partial charge < -0.3 is 10.6 Å². The van der Waals surface area contributed by atoms with Gasteiger partial charge >= 0.3 is 0 Å². The van der Waals surface area contributed by atoms with E-state index in [9.17, 15) is 12.8 Å². The van der Waals surface area contributed by atoms with Crippen molar-refractivity contribution in [3.8, 4) is 0 Å². The first-order chi connectivity index (χ1) is 8.80. The summed E-state index contributed by atoms with van der Waals surface area (Å²) in [4.78, 5) is 1.91. The van der Waals surface area contributed by atoms with Crippen LogP contribution in [0.1, 0.15) is 24.9 Å². The van der Waals surface area contributed by atoms with E-state index in [2.05, 4.69) is 0 Å². The average Bonchev–Trinajstić information content (AvgIpc) is 2.68. The van der Waals surface area contributed by atoms with E-state index in [1.54, 1.807) is 13.0 Å². The summed E-state index contributed by atoms with van der Waals surface area (Å²) in [5.41, 5.74) is 7.37. The number of benzene rings is 1. The third-order valence-electron chi connectivity index (χ3n) is 3.62. The lowest BCUT2D eigenvalue weighted by molar-refractivity contribution is 0.600. The van der Waals surface area contributed by atoms with Gasteiger partial charge in [-0.2, -0.15) is 0 Å². The maximum atomic E-state index is 13.3. The van der Waals surface area contributed by atoms with Crippen LogP contribution < -0.4 is 10.6 Å². The Morgan fingerprint density at radius 1 is 1.47 bits per heavy atom. The smallest absolute Gasteiger partial charge is 0.152 e. The fourth-order valence-electron chi connectivity index (χ4n) is 2.49. The molecule has 1 unspecified atom stereocenters. The number of hydrogen-bond acceptors (Lipinski definition) is 4. The van der Waals surface area contributed by atoms with Crippen molar-refractivity contribution in [2.24, 2.45) is 5.73 Å². The molecular formula is C13H19FN2O2S. The SMILES string of the molecule is C[C@H](N)c1cc(F)ccc1N(C)C1CCS(=O)(=O)C1. The molecule has 4 nitrogen and oxygen atoms in total. The normalized spacial score (nSPS) is 23.3. The number of sulfone groups is 1. The number of nitrogens with zero attached hydrogens (tertiary/aromatic N) is 1. The molecule has 2 atom stereocenters. The molecular weight excluding hydrogens is 267 g/mol. The second-order valence-corrected chi connectivity index (χ2v) is 7.39. The number of halogens is 1. The van der Waals surface area contributed by atoms with Crippen molar-refractivity contribution >= 4 is 15.5 Å². The predicted octanol–water partition coefficient (Wildman–Crippen LogP) is 1.47. The van der Waals surface area contributed by atoms with Crippen molar-refractivity contribution in [3.05, 3.63) is 29.6 Å². The summed E-state index contributed by atoms with van der Waals surface area (Å²) in [7, 11) is -1.10. The van der Waals surface area contributed by atoms with Crippen LogP contribution in [0.25, 0.3) is 0 Å². The molecule has 6 heteroatoms.